The predicted octanol–water partition coefficient (Wildman–Crippen LogP) is 4.80. The molecule has 0 aliphatic heterocycles. The minimum atomic E-state index is -0.174. The number of esters is 1. The van der Waals surface area contributed by atoms with Crippen LogP contribution in [0.5, 0.6) is 11.5 Å². The lowest BCUT2D eigenvalue weighted by atomic mass is 10.1. The average Bonchev–Trinajstić information content (AvgIpc) is 2.71. The van der Waals surface area contributed by atoms with Gasteiger partial charge in [-0.1, -0.05) is 24.3 Å². The number of nitrogens with zero attached hydrogens (tertiary/aromatic N) is 1. The topological polar surface area (TPSA) is 68.7 Å². The van der Waals surface area contributed by atoms with Crippen LogP contribution in [0.1, 0.15) is 37.4 Å². The van der Waals surface area contributed by atoms with E-state index in [1.165, 1.54) is 0 Å². The number of phenols is 1. The van der Waals surface area contributed by atoms with E-state index in [2.05, 4.69) is 4.98 Å². The molecule has 0 spiro atoms. The van der Waals surface area contributed by atoms with Crippen molar-refractivity contribution in [1.29, 1.82) is 0 Å². The van der Waals surface area contributed by atoms with E-state index in [9.17, 15) is 9.90 Å². The number of benzene rings is 2. The number of hydrogen-bond donors (Lipinski definition) is 1. The second-order valence-corrected chi connectivity index (χ2v) is 6.59. The van der Waals surface area contributed by atoms with Gasteiger partial charge in [-0.2, -0.15) is 0 Å². The third-order valence-electron chi connectivity index (χ3n) is 4.48. The van der Waals surface area contributed by atoms with Gasteiger partial charge >= 0.3 is 5.97 Å². The molecule has 0 aliphatic rings. The highest BCUT2D eigenvalue weighted by Gasteiger charge is 2.07. The van der Waals surface area contributed by atoms with Crippen LogP contribution in [0, 0.1) is 0 Å². The molecule has 0 bridgehead atoms. The minimum absolute atomic E-state index is 0.174. The number of carbonyl (C=O) groups excluding carboxylic acids is 1. The number of unbranched alkanes of at least 4 members (excludes halogenated alkanes) is 1. The maximum Gasteiger partial charge on any atom is 0.305 e. The first-order valence-electron chi connectivity index (χ1n) is 9.60. The fraction of sp³-hybridized carbons (Fsp3) is 0.304. The third kappa shape index (κ3) is 5.46. The summed E-state index contributed by atoms with van der Waals surface area (Å²) >= 11 is 0. The molecule has 0 saturated heterocycles. The molecular formula is C23H25NO4. The van der Waals surface area contributed by atoms with Gasteiger partial charge in [0.05, 0.1) is 17.8 Å². The quantitative estimate of drug-likeness (QED) is 0.427. The number of ether oxygens (including phenoxy) is 2. The Kier molecular flexibility index (Phi) is 6.84. The van der Waals surface area contributed by atoms with E-state index in [-0.39, 0.29) is 11.7 Å². The van der Waals surface area contributed by atoms with E-state index in [0.29, 0.717) is 31.8 Å². The molecule has 0 fully saturated rings. The summed E-state index contributed by atoms with van der Waals surface area (Å²) in [4.78, 5) is 16.0. The Morgan fingerprint density at radius 1 is 1.07 bits per heavy atom. The first-order chi connectivity index (χ1) is 13.7. The van der Waals surface area contributed by atoms with Crippen molar-refractivity contribution in [3.63, 3.8) is 0 Å². The summed E-state index contributed by atoms with van der Waals surface area (Å²) in [5.41, 5.74) is 2.60. The molecule has 1 N–H and O–H groups in total. The van der Waals surface area contributed by atoms with E-state index in [4.69, 9.17) is 9.47 Å². The molecule has 2 aromatic carbocycles. The smallest absolute Gasteiger partial charge is 0.305 e. The number of aromatic hydroxyl groups is 1. The fourth-order valence-corrected chi connectivity index (χ4v) is 3.02. The number of rotatable bonds is 9. The van der Waals surface area contributed by atoms with Crippen LogP contribution in [-0.4, -0.2) is 22.7 Å². The highest BCUT2D eigenvalue weighted by Crippen LogP contribution is 2.25. The minimum Gasteiger partial charge on any atom is -0.508 e. The molecule has 1 heterocycles. The molecule has 3 aromatic rings. The molecule has 0 aliphatic carbocycles. The van der Waals surface area contributed by atoms with Crippen molar-refractivity contribution >= 4 is 16.9 Å². The Labute approximate surface area is 164 Å². The molecule has 0 radical (unpaired) electrons. The molecule has 28 heavy (non-hydrogen) atoms. The van der Waals surface area contributed by atoms with Crippen LogP contribution >= 0.6 is 0 Å². The van der Waals surface area contributed by atoms with E-state index in [1.54, 1.807) is 19.1 Å². The molecule has 0 saturated carbocycles. The SMILES string of the molecule is CCOC(=O)CCCCc1cc(OCc2ccc3ccccc3n2)ccc1O. The lowest BCUT2D eigenvalue weighted by Gasteiger charge is -2.10. The number of hydrogen-bond acceptors (Lipinski definition) is 5. The number of phenolic OH excluding ortho intramolecular Hbond substituents is 1. The summed E-state index contributed by atoms with van der Waals surface area (Å²) < 4.78 is 10.8. The van der Waals surface area contributed by atoms with Crippen LogP contribution < -0.4 is 4.74 Å². The van der Waals surface area contributed by atoms with Crippen LogP contribution in [0.25, 0.3) is 10.9 Å². The first kappa shape index (κ1) is 19.7. The average molecular weight is 379 g/mol. The Morgan fingerprint density at radius 3 is 2.79 bits per heavy atom. The van der Waals surface area contributed by atoms with Crippen LogP contribution in [-0.2, 0) is 22.6 Å². The normalized spacial score (nSPS) is 10.8. The van der Waals surface area contributed by atoms with E-state index in [1.807, 2.05) is 42.5 Å². The zero-order valence-electron chi connectivity index (χ0n) is 16.1. The lowest BCUT2D eigenvalue weighted by molar-refractivity contribution is -0.143. The molecule has 146 valence electrons. The van der Waals surface area contributed by atoms with Crippen molar-refractivity contribution in [1.82, 2.24) is 4.98 Å². The highest BCUT2D eigenvalue weighted by molar-refractivity contribution is 5.78. The second-order valence-electron chi connectivity index (χ2n) is 6.59. The first-order valence-corrected chi connectivity index (χ1v) is 9.60. The summed E-state index contributed by atoms with van der Waals surface area (Å²) in [6.07, 6.45) is 2.60. The Hall–Kier alpha value is -3.08. The monoisotopic (exact) mass is 379 g/mol. The van der Waals surface area contributed by atoms with Crippen molar-refractivity contribution in [2.45, 2.75) is 39.2 Å². The van der Waals surface area contributed by atoms with E-state index < -0.39 is 0 Å². The molecule has 3 rings (SSSR count). The summed E-state index contributed by atoms with van der Waals surface area (Å²) in [7, 11) is 0. The number of aryl methyl sites for hydroxylation is 1. The van der Waals surface area contributed by atoms with Gasteiger partial charge in [-0.3, -0.25) is 4.79 Å². The maximum atomic E-state index is 11.4. The number of pyridine rings is 1. The van der Waals surface area contributed by atoms with Gasteiger partial charge in [-0.15, -0.1) is 0 Å². The van der Waals surface area contributed by atoms with Crippen molar-refractivity contribution in [2.75, 3.05) is 6.61 Å². The number of aromatic nitrogens is 1. The standard InChI is InChI=1S/C23H25NO4/c1-2-27-23(26)10-6-4-8-18-15-20(13-14-22(18)25)28-16-19-12-11-17-7-3-5-9-21(17)24-19/h3,5,7,9,11-15,25H,2,4,6,8,10,16H2,1H3. The largest absolute Gasteiger partial charge is 0.508 e. The molecule has 0 atom stereocenters. The predicted molar refractivity (Wildman–Crippen MR) is 108 cm³/mol. The Balaban J connectivity index is 1.55. The van der Waals surface area contributed by atoms with Crippen molar-refractivity contribution in [2.24, 2.45) is 0 Å². The van der Waals surface area contributed by atoms with Gasteiger partial charge in [0.2, 0.25) is 0 Å². The Morgan fingerprint density at radius 2 is 1.93 bits per heavy atom. The zero-order valence-corrected chi connectivity index (χ0v) is 16.1. The number of fused-ring (bicyclic) bond motifs is 1. The van der Waals surface area contributed by atoms with Gasteiger partial charge in [-0.25, -0.2) is 4.98 Å². The van der Waals surface area contributed by atoms with E-state index in [0.717, 1.165) is 35.0 Å². The van der Waals surface area contributed by atoms with Gasteiger partial charge in [-0.05, 0) is 62.1 Å². The fourth-order valence-electron chi connectivity index (χ4n) is 3.02. The maximum absolute atomic E-state index is 11.4. The zero-order chi connectivity index (χ0) is 19.8. The summed E-state index contributed by atoms with van der Waals surface area (Å²) in [6, 6.07) is 17.2. The third-order valence-corrected chi connectivity index (χ3v) is 4.48. The molecule has 1 aromatic heterocycles. The van der Waals surface area contributed by atoms with Crippen molar-refractivity contribution < 1.29 is 19.4 Å². The van der Waals surface area contributed by atoms with Gasteiger partial charge in [0.1, 0.15) is 18.1 Å². The summed E-state index contributed by atoms with van der Waals surface area (Å²) in [6.45, 7) is 2.57. The van der Waals surface area contributed by atoms with Crippen molar-refractivity contribution in [3.05, 3.63) is 65.9 Å². The second kappa shape index (κ2) is 9.74. The van der Waals surface area contributed by atoms with Crippen LogP contribution in [0.15, 0.2) is 54.6 Å². The lowest BCUT2D eigenvalue weighted by Crippen LogP contribution is -2.03. The highest BCUT2D eigenvalue weighted by atomic mass is 16.5. The van der Waals surface area contributed by atoms with Gasteiger partial charge < -0.3 is 14.6 Å². The van der Waals surface area contributed by atoms with Gasteiger partial charge in [0.25, 0.3) is 0 Å². The number of carbonyl (C=O) groups is 1. The Bertz CT molecular complexity index is 939. The summed E-state index contributed by atoms with van der Waals surface area (Å²) in [5, 5.41) is 11.2. The van der Waals surface area contributed by atoms with E-state index >= 15 is 0 Å². The number of para-hydroxylation sites is 1. The molecule has 0 amide bonds. The van der Waals surface area contributed by atoms with Crippen LogP contribution in [0.2, 0.25) is 0 Å². The summed E-state index contributed by atoms with van der Waals surface area (Å²) in [5.74, 6) is 0.757. The van der Waals surface area contributed by atoms with Crippen LogP contribution in [0.3, 0.4) is 0 Å². The molecule has 5 heteroatoms. The van der Waals surface area contributed by atoms with Crippen LogP contribution in [0.4, 0.5) is 0 Å². The van der Waals surface area contributed by atoms with Gasteiger partial charge in [0, 0.05) is 11.8 Å². The molecule has 0 unspecified atom stereocenters. The van der Waals surface area contributed by atoms with Gasteiger partial charge in [0.15, 0.2) is 0 Å². The molecular weight excluding hydrogens is 354 g/mol. The van der Waals surface area contributed by atoms with Crippen molar-refractivity contribution in [3.8, 4) is 11.5 Å². The molecule has 5 nitrogen and oxygen atoms in total.